The van der Waals surface area contributed by atoms with Gasteiger partial charge in [0.1, 0.15) is 6.61 Å². The molecule has 2 aromatic rings. The van der Waals surface area contributed by atoms with Crippen LogP contribution in [0.4, 0.5) is 0 Å². The van der Waals surface area contributed by atoms with Crippen LogP contribution < -0.4 is 9.47 Å². The second kappa shape index (κ2) is 7.52. The Balaban J connectivity index is 1.50. The number of aryl methyl sites for hydroxylation is 1. The first-order valence-corrected chi connectivity index (χ1v) is 8.67. The molecule has 2 heterocycles. The lowest BCUT2D eigenvalue weighted by Crippen LogP contribution is -2.42. The third-order valence-electron chi connectivity index (χ3n) is 3.59. The van der Waals surface area contributed by atoms with Crippen molar-refractivity contribution in [3.63, 3.8) is 0 Å². The molecule has 1 aliphatic rings. The quantitative estimate of drug-likeness (QED) is 0.722. The molecule has 0 radical (unpaired) electrons. The van der Waals surface area contributed by atoms with E-state index in [2.05, 4.69) is 15.5 Å². The molecule has 0 saturated carbocycles. The van der Waals surface area contributed by atoms with Crippen molar-refractivity contribution in [1.29, 1.82) is 0 Å². The second-order valence-corrected chi connectivity index (χ2v) is 6.28. The number of benzene rings is 1. The van der Waals surface area contributed by atoms with Crippen LogP contribution in [0.5, 0.6) is 11.5 Å². The van der Waals surface area contributed by atoms with E-state index < -0.39 is 0 Å². The molecule has 1 aromatic heterocycles. The lowest BCUT2D eigenvalue weighted by molar-refractivity contribution is -0.128. The number of fused-ring (bicyclic) bond motifs is 1. The summed E-state index contributed by atoms with van der Waals surface area (Å²) in [5.41, 5.74) is 0. The number of rotatable bonds is 6. The highest BCUT2D eigenvalue weighted by Gasteiger charge is 2.24. The summed E-state index contributed by atoms with van der Waals surface area (Å²) in [5, 5.41) is 12.0. The smallest absolute Gasteiger partial charge is 0.232 e. The number of amides is 1. The first-order chi connectivity index (χ1) is 11.7. The van der Waals surface area contributed by atoms with Crippen molar-refractivity contribution in [3.05, 3.63) is 24.3 Å². The van der Waals surface area contributed by atoms with Crippen molar-refractivity contribution < 1.29 is 14.3 Å². The second-order valence-electron chi connectivity index (χ2n) is 5.34. The SMILES string of the molecule is CCn1nnnc1SCC(=O)N(C)CC1COc2ccccc2O1. The van der Waals surface area contributed by atoms with E-state index in [1.807, 2.05) is 31.2 Å². The molecule has 0 fully saturated rings. The maximum Gasteiger partial charge on any atom is 0.232 e. The van der Waals surface area contributed by atoms with E-state index in [0.717, 1.165) is 5.75 Å². The third-order valence-corrected chi connectivity index (χ3v) is 4.54. The number of hydrogen-bond donors (Lipinski definition) is 0. The fourth-order valence-electron chi connectivity index (χ4n) is 2.30. The number of hydrogen-bond acceptors (Lipinski definition) is 7. The lowest BCUT2D eigenvalue weighted by Gasteiger charge is -2.29. The zero-order chi connectivity index (χ0) is 16.9. The maximum atomic E-state index is 12.3. The van der Waals surface area contributed by atoms with E-state index in [-0.39, 0.29) is 17.8 Å². The predicted octanol–water partition coefficient (Wildman–Crippen LogP) is 1.08. The summed E-state index contributed by atoms with van der Waals surface area (Å²) in [6.45, 7) is 3.51. The van der Waals surface area contributed by atoms with Gasteiger partial charge in [0.05, 0.1) is 12.3 Å². The van der Waals surface area contributed by atoms with E-state index in [4.69, 9.17) is 9.47 Å². The van der Waals surface area contributed by atoms with Gasteiger partial charge in [0, 0.05) is 13.6 Å². The molecule has 1 unspecified atom stereocenters. The van der Waals surface area contributed by atoms with Gasteiger partial charge in [-0.05, 0) is 29.5 Å². The van der Waals surface area contributed by atoms with Crippen molar-refractivity contribution in [2.24, 2.45) is 0 Å². The van der Waals surface area contributed by atoms with E-state index >= 15 is 0 Å². The number of thioether (sulfide) groups is 1. The Morgan fingerprint density at radius 3 is 3.00 bits per heavy atom. The van der Waals surface area contributed by atoms with Crippen molar-refractivity contribution in [2.75, 3.05) is 26.0 Å². The minimum atomic E-state index is -0.181. The number of tetrazole rings is 1. The summed E-state index contributed by atoms with van der Waals surface area (Å²) in [7, 11) is 1.76. The molecular weight excluding hydrogens is 330 g/mol. The number of carbonyl (C=O) groups excluding carboxylic acids is 1. The minimum Gasteiger partial charge on any atom is -0.486 e. The predicted molar refractivity (Wildman–Crippen MR) is 88.2 cm³/mol. The Labute approximate surface area is 144 Å². The highest BCUT2D eigenvalue weighted by Crippen LogP contribution is 2.31. The fourth-order valence-corrected chi connectivity index (χ4v) is 3.18. The van der Waals surface area contributed by atoms with Gasteiger partial charge >= 0.3 is 0 Å². The van der Waals surface area contributed by atoms with Crippen LogP contribution in [0, 0.1) is 0 Å². The molecule has 0 spiro atoms. The summed E-state index contributed by atoms with van der Waals surface area (Å²) in [6, 6.07) is 7.53. The first kappa shape index (κ1) is 16.6. The Morgan fingerprint density at radius 2 is 2.21 bits per heavy atom. The Hall–Kier alpha value is -2.29. The van der Waals surface area contributed by atoms with E-state index in [1.54, 1.807) is 16.6 Å². The van der Waals surface area contributed by atoms with Gasteiger partial charge in [-0.1, -0.05) is 23.9 Å². The number of aromatic nitrogens is 4. The van der Waals surface area contributed by atoms with Crippen LogP contribution >= 0.6 is 11.8 Å². The molecule has 1 aliphatic heterocycles. The number of carbonyl (C=O) groups is 1. The Kier molecular flexibility index (Phi) is 5.19. The average Bonchev–Trinajstić information content (AvgIpc) is 3.07. The summed E-state index contributed by atoms with van der Waals surface area (Å²) in [6.07, 6.45) is -0.181. The highest BCUT2D eigenvalue weighted by molar-refractivity contribution is 7.99. The van der Waals surface area contributed by atoms with Crippen molar-refractivity contribution in [3.8, 4) is 11.5 Å². The largest absolute Gasteiger partial charge is 0.486 e. The number of nitrogens with zero attached hydrogens (tertiary/aromatic N) is 5. The van der Waals surface area contributed by atoms with Gasteiger partial charge < -0.3 is 14.4 Å². The maximum absolute atomic E-state index is 12.3. The molecule has 9 heteroatoms. The molecule has 0 bridgehead atoms. The van der Waals surface area contributed by atoms with Gasteiger partial charge in [-0.2, -0.15) is 0 Å². The van der Waals surface area contributed by atoms with Gasteiger partial charge in [-0.15, -0.1) is 5.10 Å². The van der Waals surface area contributed by atoms with Gasteiger partial charge in [0.2, 0.25) is 11.1 Å². The number of para-hydroxylation sites is 2. The van der Waals surface area contributed by atoms with Crippen LogP contribution in [-0.4, -0.2) is 63.1 Å². The molecule has 0 aliphatic carbocycles. The molecule has 3 rings (SSSR count). The molecule has 1 aromatic carbocycles. The van der Waals surface area contributed by atoms with Gasteiger partial charge in [0.25, 0.3) is 0 Å². The fraction of sp³-hybridized carbons (Fsp3) is 0.467. The number of ether oxygens (including phenoxy) is 2. The standard InChI is InChI=1S/C15H19N5O3S/c1-3-20-15(16-17-18-20)24-10-14(21)19(2)8-11-9-22-12-6-4-5-7-13(12)23-11/h4-7,11H,3,8-10H2,1-2H3. The number of likely N-dealkylation sites (N-methyl/N-ethyl adjacent to an activating group) is 1. The molecule has 1 atom stereocenters. The normalized spacial score (nSPS) is 16.0. The van der Waals surface area contributed by atoms with Crippen LogP contribution in [0.15, 0.2) is 29.4 Å². The van der Waals surface area contributed by atoms with Crippen LogP contribution in [0.1, 0.15) is 6.92 Å². The first-order valence-electron chi connectivity index (χ1n) is 7.68. The lowest BCUT2D eigenvalue weighted by atomic mass is 10.2. The molecule has 0 saturated heterocycles. The van der Waals surface area contributed by atoms with Crippen molar-refractivity contribution in [1.82, 2.24) is 25.1 Å². The summed E-state index contributed by atoms with van der Waals surface area (Å²) in [5.74, 6) is 1.73. The van der Waals surface area contributed by atoms with Crippen LogP contribution in [-0.2, 0) is 11.3 Å². The van der Waals surface area contributed by atoms with Crippen molar-refractivity contribution in [2.45, 2.75) is 24.7 Å². The monoisotopic (exact) mass is 349 g/mol. The van der Waals surface area contributed by atoms with Gasteiger partial charge in [-0.25, -0.2) is 4.68 Å². The van der Waals surface area contributed by atoms with Crippen LogP contribution in [0.25, 0.3) is 0 Å². The van der Waals surface area contributed by atoms with Gasteiger partial charge in [0.15, 0.2) is 17.6 Å². The zero-order valence-electron chi connectivity index (χ0n) is 13.6. The summed E-state index contributed by atoms with van der Waals surface area (Å²) in [4.78, 5) is 13.9. The summed E-state index contributed by atoms with van der Waals surface area (Å²) < 4.78 is 13.2. The topological polar surface area (TPSA) is 82.4 Å². The molecule has 24 heavy (non-hydrogen) atoms. The average molecular weight is 349 g/mol. The van der Waals surface area contributed by atoms with Crippen LogP contribution in [0.2, 0.25) is 0 Å². The van der Waals surface area contributed by atoms with E-state index in [9.17, 15) is 4.79 Å². The van der Waals surface area contributed by atoms with E-state index in [0.29, 0.717) is 30.6 Å². The van der Waals surface area contributed by atoms with Crippen LogP contribution in [0.3, 0.4) is 0 Å². The van der Waals surface area contributed by atoms with Gasteiger partial charge in [-0.3, -0.25) is 4.79 Å². The van der Waals surface area contributed by atoms with Crippen molar-refractivity contribution >= 4 is 17.7 Å². The Bertz CT molecular complexity index is 708. The highest BCUT2D eigenvalue weighted by atomic mass is 32.2. The molecule has 1 amide bonds. The minimum absolute atomic E-state index is 0.00638. The summed E-state index contributed by atoms with van der Waals surface area (Å²) >= 11 is 1.33. The molecular formula is C15H19N5O3S. The zero-order valence-corrected chi connectivity index (χ0v) is 14.4. The third kappa shape index (κ3) is 3.78. The molecule has 128 valence electrons. The van der Waals surface area contributed by atoms with E-state index in [1.165, 1.54) is 11.8 Å². The molecule has 8 nitrogen and oxygen atoms in total. The Morgan fingerprint density at radius 1 is 1.42 bits per heavy atom. The molecule has 0 N–H and O–H groups in total.